The van der Waals surface area contributed by atoms with Gasteiger partial charge in [-0.2, -0.15) is 4.31 Å². The summed E-state index contributed by atoms with van der Waals surface area (Å²) in [5.74, 6) is 0.00101. The van der Waals surface area contributed by atoms with E-state index in [1.165, 1.54) is 28.4 Å². The Hall–Kier alpha value is -1.89. The number of nitrogens with zero attached hydrogens (tertiary/aromatic N) is 2. The van der Waals surface area contributed by atoms with Crippen LogP contribution in [0.3, 0.4) is 0 Å². The second-order valence-electron chi connectivity index (χ2n) is 7.30. The van der Waals surface area contributed by atoms with Crippen LogP contribution >= 0.6 is 0 Å². The molecule has 3 rings (SSSR count). The Bertz CT molecular complexity index is 989. The van der Waals surface area contributed by atoms with Crippen molar-refractivity contribution < 1.29 is 31.1 Å². The Morgan fingerprint density at radius 3 is 2.63 bits per heavy atom. The molecular weight excluding hydrogens is 434 g/mol. The lowest BCUT2D eigenvalue weighted by Crippen LogP contribution is -2.41. The van der Waals surface area contributed by atoms with Gasteiger partial charge in [0.1, 0.15) is 10.6 Å². The van der Waals surface area contributed by atoms with Crippen LogP contribution in [0.25, 0.3) is 0 Å². The zero-order chi connectivity index (χ0) is 21.9. The van der Waals surface area contributed by atoms with Gasteiger partial charge in [-0.3, -0.25) is 4.79 Å². The highest BCUT2D eigenvalue weighted by molar-refractivity contribution is 7.91. The van der Waals surface area contributed by atoms with Crippen molar-refractivity contribution in [3.8, 4) is 5.75 Å². The lowest BCUT2D eigenvalue weighted by Gasteiger charge is -2.27. The first-order valence-corrected chi connectivity index (χ1v) is 12.9. The lowest BCUT2D eigenvalue weighted by molar-refractivity contribution is -0.129. The number of hydrogen-bond donors (Lipinski definition) is 1. The Balaban J connectivity index is 1.71. The summed E-state index contributed by atoms with van der Waals surface area (Å²) < 4.78 is 61.1. The molecule has 0 aromatic heterocycles. The number of anilines is 1. The van der Waals surface area contributed by atoms with Gasteiger partial charge in [-0.25, -0.2) is 16.8 Å². The van der Waals surface area contributed by atoms with Crippen LogP contribution in [-0.2, 0) is 29.4 Å². The fourth-order valence-electron chi connectivity index (χ4n) is 3.50. The minimum atomic E-state index is -3.78. The van der Waals surface area contributed by atoms with E-state index in [9.17, 15) is 21.6 Å². The molecule has 2 fully saturated rings. The molecule has 2 heterocycles. The lowest BCUT2D eigenvalue weighted by atomic mass is 10.2. The number of carbonyl (C=O) groups excluding carboxylic acids is 1. The number of hydrogen-bond acceptors (Lipinski definition) is 8. The molecule has 2 aliphatic heterocycles. The van der Waals surface area contributed by atoms with Gasteiger partial charge in [-0.05, 0) is 24.6 Å². The highest BCUT2D eigenvalue weighted by Gasteiger charge is 2.33. The molecule has 10 nitrogen and oxygen atoms in total. The van der Waals surface area contributed by atoms with Crippen LogP contribution in [0.15, 0.2) is 23.1 Å². The summed E-state index contributed by atoms with van der Waals surface area (Å²) in [5.41, 5.74) is 0.448. The van der Waals surface area contributed by atoms with Gasteiger partial charge in [-0.15, -0.1) is 0 Å². The van der Waals surface area contributed by atoms with Gasteiger partial charge >= 0.3 is 0 Å². The number of likely N-dealkylation sites (N-methyl/N-ethyl adjacent to an activating group) is 1. The second kappa shape index (κ2) is 9.08. The second-order valence-corrected chi connectivity index (χ2v) is 11.4. The molecule has 0 bridgehead atoms. The number of nitrogens with one attached hydrogen (secondary N) is 1. The number of carbonyl (C=O) groups is 1. The molecule has 1 aromatic rings. The minimum absolute atomic E-state index is 0.0135. The predicted molar refractivity (Wildman–Crippen MR) is 111 cm³/mol. The van der Waals surface area contributed by atoms with E-state index in [0.717, 1.165) is 0 Å². The minimum Gasteiger partial charge on any atom is -0.495 e. The molecule has 0 saturated carbocycles. The molecule has 2 saturated heterocycles. The maximum Gasteiger partial charge on any atom is 0.246 e. The normalized spacial score (nSPS) is 21.9. The van der Waals surface area contributed by atoms with Crippen LogP contribution < -0.4 is 10.1 Å². The maximum absolute atomic E-state index is 13.0. The fraction of sp³-hybridized carbons (Fsp3) is 0.611. The highest BCUT2D eigenvalue weighted by Crippen LogP contribution is 2.30. The number of sulfone groups is 1. The Morgan fingerprint density at radius 1 is 1.33 bits per heavy atom. The highest BCUT2D eigenvalue weighted by atomic mass is 32.2. The molecule has 1 atom stereocenters. The average Bonchev–Trinajstić information content (AvgIpc) is 3.11. The van der Waals surface area contributed by atoms with Crippen molar-refractivity contribution in [1.29, 1.82) is 0 Å². The molecule has 1 aromatic carbocycles. The third-order valence-corrected chi connectivity index (χ3v) is 9.01. The summed E-state index contributed by atoms with van der Waals surface area (Å²) in [4.78, 5) is 13.9. The number of morpholine rings is 1. The van der Waals surface area contributed by atoms with Crippen molar-refractivity contribution in [2.75, 3.05) is 63.8 Å². The molecule has 168 valence electrons. The van der Waals surface area contributed by atoms with Crippen molar-refractivity contribution in [2.24, 2.45) is 0 Å². The molecule has 0 aliphatic carbocycles. The topological polar surface area (TPSA) is 122 Å². The van der Waals surface area contributed by atoms with Crippen molar-refractivity contribution >= 4 is 31.5 Å². The van der Waals surface area contributed by atoms with E-state index in [1.807, 2.05) is 0 Å². The average molecular weight is 462 g/mol. The third-order valence-electron chi connectivity index (χ3n) is 5.34. The first-order valence-electron chi connectivity index (χ1n) is 9.60. The van der Waals surface area contributed by atoms with Crippen LogP contribution in [-0.4, -0.2) is 96.5 Å². The molecule has 2 aliphatic rings. The number of amides is 1. The monoisotopic (exact) mass is 461 g/mol. The Labute approximate surface area is 177 Å². The first kappa shape index (κ1) is 22.8. The molecule has 0 radical (unpaired) electrons. The molecular formula is C18H27N3O7S2. The number of sulfonamides is 1. The SMILES string of the molecule is COc1ccc(NCC(=O)N(C)C2CCS(=O)(=O)C2)cc1S(=O)(=O)N1CCOCC1. The van der Waals surface area contributed by atoms with Crippen LogP contribution in [0.1, 0.15) is 6.42 Å². The van der Waals surface area contributed by atoms with E-state index < -0.39 is 19.9 Å². The van der Waals surface area contributed by atoms with Crippen molar-refractivity contribution in [3.63, 3.8) is 0 Å². The molecule has 1 N–H and O–H groups in total. The zero-order valence-electron chi connectivity index (χ0n) is 17.0. The van der Waals surface area contributed by atoms with Gasteiger partial charge in [0, 0.05) is 31.9 Å². The van der Waals surface area contributed by atoms with Gasteiger partial charge < -0.3 is 19.7 Å². The number of methoxy groups -OCH3 is 1. The third kappa shape index (κ3) is 5.05. The van der Waals surface area contributed by atoms with Gasteiger partial charge in [-0.1, -0.05) is 0 Å². The Morgan fingerprint density at radius 2 is 2.03 bits per heavy atom. The summed E-state index contributed by atoms with van der Waals surface area (Å²) in [6, 6.07) is 4.27. The van der Waals surface area contributed by atoms with E-state index in [1.54, 1.807) is 13.1 Å². The smallest absolute Gasteiger partial charge is 0.246 e. The molecule has 0 spiro atoms. The van der Waals surface area contributed by atoms with Crippen LogP contribution in [0.5, 0.6) is 5.75 Å². The number of benzene rings is 1. The fourth-order valence-corrected chi connectivity index (χ4v) is 6.86. The van der Waals surface area contributed by atoms with E-state index in [-0.39, 0.29) is 53.7 Å². The number of rotatable bonds is 7. The summed E-state index contributed by atoms with van der Waals surface area (Å²) in [5, 5.41) is 2.93. The quantitative estimate of drug-likeness (QED) is 0.591. The van der Waals surface area contributed by atoms with Crippen LogP contribution in [0.4, 0.5) is 5.69 Å². The van der Waals surface area contributed by atoms with Gasteiger partial charge in [0.25, 0.3) is 0 Å². The van der Waals surface area contributed by atoms with Crippen molar-refractivity contribution in [2.45, 2.75) is 17.4 Å². The summed E-state index contributed by atoms with van der Waals surface area (Å²) in [6.07, 6.45) is 0.426. The first-order chi connectivity index (χ1) is 14.1. The standard InChI is InChI=1S/C18H27N3O7S2/c1-20(15-5-10-29(23,24)13-15)18(22)12-19-14-3-4-16(27-2)17(11-14)30(25,26)21-6-8-28-9-7-21/h3-4,11,15,19H,5-10,12-13H2,1-2H3. The molecule has 30 heavy (non-hydrogen) atoms. The van der Waals surface area contributed by atoms with Crippen LogP contribution in [0.2, 0.25) is 0 Å². The predicted octanol–water partition coefficient (Wildman–Crippen LogP) is -0.226. The van der Waals surface area contributed by atoms with E-state index in [2.05, 4.69) is 5.32 Å². The summed E-state index contributed by atoms with van der Waals surface area (Å²) >= 11 is 0. The van der Waals surface area contributed by atoms with E-state index in [4.69, 9.17) is 9.47 Å². The van der Waals surface area contributed by atoms with Crippen molar-refractivity contribution in [3.05, 3.63) is 18.2 Å². The summed E-state index contributed by atoms with van der Waals surface area (Å²) in [6.45, 7) is 1.10. The van der Waals surface area contributed by atoms with Gasteiger partial charge in [0.2, 0.25) is 15.9 Å². The molecule has 12 heteroatoms. The van der Waals surface area contributed by atoms with Crippen molar-refractivity contribution in [1.82, 2.24) is 9.21 Å². The Kier molecular flexibility index (Phi) is 6.90. The summed E-state index contributed by atoms with van der Waals surface area (Å²) in [7, 11) is -3.89. The maximum atomic E-state index is 13.0. The largest absolute Gasteiger partial charge is 0.495 e. The van der Waals surface area contributed by atoms with Gasteiger partial charge in [0.05, 0.1) is 38.4 Å². The zero-order valence-corrected chi connectivity index (χ0v) is 18.7. The van der Waals surface area contributed by atoms with E-state index >= 15 is 0 Å². The molecule has 1 amide bonds. The van der Waals surface area contributed by atoms with Gasteiger partial charge in [0.15, 0.2) is 9.84 Å². The van der Waals surface area contributed by atoms with Crippen LogP contribution in [0, 0.1) is 0 Å². The van der Waals surface area contributed by atoms with E-state index in [0.29, 0.717) is 25.3 Å². The number of ether oxygens (including phenoxy) is 2. The molecule has 1 unspecified atom stereocenters.